The van der Waals surface area contributed by atoms with Crippen LogP contribution >= 0.6 is 11.6 Å². The smallest absolute Gasteiger partial charge is 0.251 e. The van der Waals surface area contributed by atoms with Crippen LogP contribution in [0.15, 0.2) is 84.9 Å². The molecule has 4 bridgehead atoms. The highest BCUT2D eigenvalue weighted by molar-refractivity contribution is 6.30. The number of hydrogen-bond donors (Lipinski definition) is 7. The third-order valence-corrected chi connectivity index (χ3v) is 10.6. The number of nitrogens with two attached hydrogens (primary N) is 1. The number of amides is 5. The largest absolute Gasteiger partial charge is 0.507 e. The van der Waals surface area contributed by atoms with E-state index in [0.29, 0.717) is 30.0 Å². The van der Waals surface area contributed by atoms with Crippen molar-refractivity contribution in [3.8, 4) is 33.8 Å². The maximum atomic E-state index is 14.5. The van der Waals surface area contributed by atoms with Crippen molar-refractivity contribution in [2.45, 2.75) is 69.7 Å². The fraction of sp³-hybridized carbons (Fsp3) is 0.318. The van der Waals surface area contributed by atoms with E-state index in [-0.39, 0.29) is 46.6 Å². The summed E-state index contributed by atoms with van der Waals surface area (Å²) < 4.78 is 13.1. The summed E-state index contributed by atoms with van der Waals surface area (Å²) in [4.78, 5) is 82.6. The molecule has 0 radical (unpaired) electrons. The summed E-state index contributed by atoms with van der Waals surface area (Å²) in [5.74, 6) is -5.06. The predicted octanol–water partition coefficient (Wildman–Crippen LogP) is 4.10. The van der Waals surface area contributed by atoms with Crippen molar-refractivity contribution in [2.24, 2.45) is 5.73 Å². The van der Waals surface area contributed by atoms with Crippen LogP contribution in [0.5, 0.6) is 11.5 Å². The Morgan fingerprint density at radius 2 is 1.48 bits per heavy atom. The van der Waals surface area contributed by atoms with Gasteiger partial charge < -0.3 is 42.1 Å². The third kappa shape index (κ3) is 10.8. The van der Waals surface area contributed by atoms with Crippen LogP contribution < -0.4 is 27.0 Å². The fourth-order valence-electron chi connectivity index (χ4n) is 6.85. The molecule has 5 rings (SSSR count). The van der Waals surface area contributed by atoms with Crippen LogP contribution in [0.3, 0.4) is 0 Å². The molecule has 1 heterocycles. The molecule has 5 unspecified atom stereocenters. The van der Waals surface area contributed by atoms with Gasteiger partial charge in [-0.3, -0.25) is 28.8 Å². The van der Waals surface area contributed by atoms with Crippen molar-refractivity contribution in [2.75, 3.05) is 20.3 Å². The van der Waals surface area contributed by atoms with Gasteiger partial charge in [-0.05, 0) is 110 Å². The Balaban J connectivity index is 1.49. The number of carbonyl (C=O) groups is 6. The number of alkyl halides is 1. The lowest BCUT2D eigenvalue weighted by Crippen LogP contribution is -2.57. The van der Waals surface area contributed by atoms with Crippen LogP contribution in [-0.4, -0.2) is 94.9 Å². The van der Waals surface area contributed by atoms with Gasteiger partial charge in [-0.1, -0.05) is 48.0 Å². The molecule has 0 aliphatic carbocycles. The van der Waals surface area contributed by atoms with E-state index >= 15 is 0 Å². The second-order valence-electron chi connectivity index (χ2n) is 14.7. The summed E-state index contributed by atoms with van der Waals surface area (Å²) in [7, 11) is 1.37. The number of hydrogen-bond acceptors (Lipinski definition) is 9. The molecule has 14 nitrogen and oxygen atoms in total. The van der Waals surface area contributed by atoms with Gasteiger partial charge in [0.1, 0.15) is 42.3 Å². The molecule has 0 saturated carbocycles. The number of phenolic OH excluding ortho intramolecular Hbond substituents is 2. The minimum Gasteiger partial charge on any atom is -0.507 e. The highest BCUT2D eigenvalue weighted by Gasteiger charge is 2.36. The van der Waals surface area contributed by atoms with Crippen molar-refractivity contribution in [3.05, 3.63) is 107 Å². The zero-order valence-corrected chi connectivity index (χ0v) is 34.1. The first-order chi connectivity index (χ1) is 28.6. The van der Waals surface area contributed by atoms with Gasteiger partial charge in [-0.2, -0.15) is 0 Å². The zero-order chi connectivity index (χ0) is 43.7. The topological polar surface area (TPSA) is 220 Å². The van der Waals surface area contributed by atoms with E-state index in [2.05, 4.69) is 21.3 Å². The van der Waals surface area contributed by atoms with E-state index in [1.807, 2.05) is 12.1 Å². The minimum atomic E-state index is -1.46. The van der Waals surface area contributed by atoms with Crippen LogP contribution in [0.2, 0.25) is 5.02 Å². The Morgan fingerprint density at radius 3 is 2.12 bits per heavy atom. The lowest BCUT2D eigenvalue weighted by atomic mass is 9.93. The van der Waals surface area contributed by atoms with Crippen LogP contribution in [0.25, 0.3) is 22.3 Å². The summed E-state index contributed by atoms with van der Waals surface area (Å²) in [5.41, 5.74) is 8.57. The number of rotatable bonds is 13. The number of halogens is 2. The van der Waals surface area contributed by atoms with Crippen molar-refractivity contribution in [1.82, 2.24) is 26.2 Å². The first-order valence-electron chi connectivity index (χ1n) is 19.4. The number of nitrogens with one attached hydrogen (secondary N) is 4. The minimum absolute atomic E-state index is 0.0812. The number of likely N-dealkylation sites (N-methyl/N-ethyl adjacent to an activating group) is 1. The van der Waals surface area contributed by atoms with E-state index in [0.717, 1.165) is 16.0 Å². The molecule has 316 valence electrons. The second-order valence-corrected chi connectivity index (χ2v) is 15.1. The average molecular weight is 843 g/mol. The van der Waals surface area contributed by atoms with Crippen molar-refractivity contribution >= 4 is 46.9 Å². The van der Waals surface area contributed by atoms with Crippen LogP contribution in [0.1, 0.15) is 60.6 Å². The Labute approximate surface area is 351 Å². The molecule has 60 heavy (non-hydrogen) atoms. The molecule has 0 spiro atoms. The van der Waals surface area contributed by atoms with Gasteiger partial charge in [-0.15, -0.1) is 0 Å². The monoisotopic (exact) mass is 842 g/mol. The van der Waals surface area contributed by atoms with E-state index < -0.39 is 72.2 Å². The normalized spacial score (nSPS) is 17.5. The van der Waals surface area contributed by atoms with Crippen LogP contribution in [0, 0.1) is 0 Å². The first kappa shape index (κ1) is 44.8. The van der Waals surface area contributed by atoms with E-state index in [4.69, 9.17) is 17.3 Å². The van der Waals surface area contributed by atoms with Gasteiger partial charge >= 0.3 is 0 Å². The number of Topliss-reactive ketones (excluding diaryl/α,β-unsaturated/α-hetero) is 1. The lowest BCUT2D eigenvalue weighted by Gasteiger charge is -2.32. The van der Waals surface area contributed by atoms with Crippen molar-refractivity contribution < 1.29 is 43.4 Å². The number of ketones is 1. The Kier molecular flexibility index (Phi) is 15.0. The average Bonchev–Trinajstić information content (AvgIpc) is 3.23. The molecule has 0 fully saturated rings. The molecule has 1 aliphatic heterocycles. The molecule has 4 aromatic carbocycles. The Hall–Kier alpha value is -6.32. The molecule has 0 aromatic heterocycles. The van der Waals surface area contributed by atoms with Crippen LogP contribution in [0.4, 0.5) is 4.39 Å². The quantitative estimate of drug-likeness (QED) is 0.0963. The SMILES string of the molecule is CC(NC(=O)C1Cc2ccc(O)c(c2)-c2cc(ccc2O)C(N(C)C(=O)C(CCCCN)NC(=O)c2ccc(-c3ccc(Cl)cc3)cc2)C(=O)NC(C)C(=O)N1)C(=O)CF. The molecule has 5 atom stereocenters. The molecule has 16 heteroatoms. The summed E-state index contributed by atoms with van der Waals surface area (Å²) in [6, 6.07) is 16.1. The Morgan fingerprint density at radius 1 is 0.867 bits per heavy atom. The molecular weight excluding hydrogens is 795 g/mol. The van der Waals surface area contributed by atoms with Gasteiger partial charge in [0, 0.05) is 35.2 Å². The molecule has 1 aliphatic rings. The highest BCUT2D eigenvalue weighted by atomic mass is 35.5. The van der Waals surface area contributed by atoms with Gasteiger partial charge in [0.15, 0.2) is 5.78 Å². The molecule has 0 saturated heterocycles. The number of benzene rings is 4. The van der Waals surface area contributed by atoms with Crippen molar-refractivity contribution in [3.63, 3.8) is 0 Å². The first-order valence-corrected chi connectivity index (χ1v) is 19.8. The van der Waals surface area contributed by atoms with Gasteiger partial charge in [0.2, 0.25) is 23.6 Å². The maximum absolute atomic E-state index is 14.5. The number of unbranched alkanes of at least 4 members (excludes halogenated alkanes) is 1. The number of carbonyl (C=O) groups excluding carboxylic acids is 6. The maximum Gasteiger partial charge on any atom is 0.251 e. The number of aromatic hydroxyl groups is 2. The summed E-state index contributed by atoms with van der Waals surface area (Å²) in [6.07, 6.45) is 1.01. The highest BCUT2D eigenvalue weighted by Crippen LogP contribution is 2.39. The fourth-order valence-corrected chi connectivity index (χ4v) is 6.97. The van der Waals surface area contributed by atoms with Crippen LogP contribution in [-0.2, 0) is 30.4 Å². The molecule has 8 N–H and O–H groups in total. The standard InChI is InChI=1S/C44H48ClFN6O8/c1-24(38(55)23-46)48-42(58)35-21-26-7-17-36(53)32(20-26)33-22-30(14-18-37(33)54)39(43(59)49-25(2)40(56)51-35)52(3)44(60)34(6-4-5-19-47)50-41(57)29-10-8-27(9-11-29)28-12-15-31(45)16-13-28/h7-18,20,22,24-25,34-35,39,53-54H,4-6,19,21,23,47H2,1-3H3,(H,48,58)(H,49,59)(H,50,57)(H,51,56). The second kappa shape index (κ2) is 20.1. The van der Waals surface area contributed by atoms with Gasteiger partial charge in [0.05, 0.1) is 6.04 Å². The van der Waals surface area contributed by atoms with E-state index in [9.17, 15) is 43.4 Å². The van der Waals surface area contributed by atoms with E-state index in [1.54, 1.807) is 36.4 Å². The lowest BCUT2D eigenvalue weighted by molar-refractivity contribution is -0.141. The number of phenols is 2. The predicted molar refractivity (Wildman–Crippen MR) is 224 cm³/mol. The van der Waals surface area contributed by atoms with Gasteiger partial charge in [0.25, 0.3) is 5.91 Å². The summed E-state index contributed by atoms with van der Waals surface area (Å²) in [5, 5.41) is 33.1. The third-order valence-electron chi connectivity index (χ3n) is 10.3. The molecule has 5 amide bonds. The number of fused-ring (bicyclic) bond motifs is 5. The zero-order valence-electron chi connectivity index (χ0n) is 33.3. The summed E-state index contributed by atoms with van der Waals surface area (Å²) >= 11 is 6.03. The Bertz CT molecular complexity index is 2240. The number of nitrogens with zero attached hydrogens (tertiary/aromatic N) is 1. The summed E-state index contributed by atoms with van der Waals surface area (Å²) in [6.45, 7) is 1.69. The van der Waals surface area contributed by atoms with E-state index in [1.165, 1.54) is 57.3 Å². The molecule has 4 aromatic rings. The van der Waals surface area contributed by atoms with Crippen molar-refractivity contribution in [1.29, 1.82) is 0 Å². The van der Waals surface area contributed by atoms with Gasteiger partial charge in [-0.25, -0.2) is 4.39 Å². The molecular formula is C44H48ClFN6O8.